The van der Waals surface area contributed by atoms with E-state index in [0.29, 0.717) is 11.1 Å². The van der Waals surface area contributed by atoms with Crippen LogP contribution in [0.2, 0.25) is 0 Å². The van der Waals surface area contributed by atoms with Crippen molar-refractivity contribution in [2.45, 2.75) is 11.8 Å². The lowest BCUT2D eigenvalue weighted by Crippen LogP contribution is -2.22. The summed E-state index contributed by atoms with van der Waals surface area (Å²) in [5.74, 6) is 0.122. The van der Waals surface area contributed by atoms with Crippen LogP contribution in [0.3, 0.4) is 0 Å². The number of aromatic hydroxyl groups is 1. The molecule has 0 heterocycles. The minimum atomic E-state index is -3.53. The van der Waals surface area contributed by atoms with Crippen LogP contribution in [0, 0.1) is 6.92 Å². The number of nitrogens with zero attached hydrogens (tertiary/aromatic N) is 1. The molecule has 0 bridgehead atoms. The number of sulfonamides is 1. The Morgan fingerprint density at radius 2 is 1.70 bits per heavy atom. The van der Waals surface area contributed by atoms with Crippen molar-refractivity contribution in [2.75, 3.05) is 14.1 Å². The lowest BCUT2D eigenvalue weighted by Gasteiger charge is -2.15. The average Bonchev–Trinajstić information content (AvgIpc) is 2.37. The fourth-order valence-corrected chi connectivity index (χ4v) is 3.15. The maximum atomic E-state index is 12.4. The Labute approximate surface area is 119 Å². The third-order valence-electron chi connectivity index (χ3n) is 3.02. The van der Waals surface area contributed by atoms with E-state index in [-0.39, 0.29) is 10.6 Å². The van der Waals surface area contributed by atoms with Gasteiger partial charge in [0.15, 0.2) is 0 Å². The van der Waals surface area contributed by atoms with E-state index >= 15 is 0 Å². The Kier molecular flexibility index (Phi) is 3.83. The van der Waals surface area contributed by atoms with E-state index in [1.54, 1.807) is 36.4 Å². The van der Waals surface area contributed by atoms with Gasteiger partial charge >= 0.3 is 0 Å². The van der Waals surface area contributed by atoms with Gasteiger partial charge in [-0.05, 0) is 36.2 Å². The van der Waals surface area contributed by atoms with E-state index in [0.717, 1.165) is 5.56 Å². The molecule has 2 aromatic rings. The predicted octanol–water partition coefficient (Wildman–Crippen LogP) is 2.62. The van der Waals surface area contributed by atoms with Gasteiger partial charge in [0, 0.05) is 19.7 Å². The summed E-state index contributed by atoms with van der Waals surface area (Å²) in [4.78, 5) is 0.231. The van der Waals surface area contributed by atoms with Gasteiger partial charge in [-0.2, -0.15) is 0 Å². The monoisotopic (exact) mass is 291 g/mol. The van der Waals surface area contributed by atoms with Crippen molar-refractivity contribution >= 4 is 10.0 Å². The molecule has 0 amide bonds. The molecule has 0 saturated heterocycles. The average molecular weight is 291 g/mol. The van der Waals surface area contributed by atoms with Gasteiger partial charge in [0.05, 0.1) is 4.90 Å². The smallest absolute Gasteiger partial charge is 0.243 e. The molecule has 0 radical (unpaired) electrons. The van der Waals surface area contributed by atoms with Crippen LogP contribution in [0.15, 0.2) is 47.4 Å². The first-order valence-corrected chi connectivity index (χ1v) is 7.59. The van der Waals surface area contributed by atoms with E-state index in [9.17, 15) is 13.5 Å². The van der Waals surface area contributed by atoms with Gasteiger partial charge in [0.1, 0.15) is 5.75 Å². The van der Waals surface area contributed by atoms with Gasteiger partial charge < -0.3 is 5.11 Å². The lowest BCUT2D eigenvalue weighted by molar-refractivity contribution is 0.475. The van der Waals surface area contributed by atoms with Crippen molar-refractivity contribution < 1.29 is 13.5 Å². The van der Waals surface area contributed by atoms with Crippen LogP contribution in [0.4, 0.5) is 0 Å². The molecule has 0 spiro atoms. The molecule has 5 heteroatoms. The van der Waals surface area contributed by atoms with Crippen LogP contribution >= 0.6 is 0 Å². The highest BCUT2D eigenvalue weighted by Gasteiger charge is 2.21. The van der Waals surface area contributed by atoms with Crippen molar-refractivity contribution in [3.05, 3.63) is 48.0 Å². The van der Waals surface area contributed by atoms with E-state index in [1.165, 1.54) is 18.4 Å². The predicted molar refractivity (Wildman–Crippen MR) is 79.2 cm³/mol. The van der Waals surface area contributed by atoms with Gasteiger partial charge in [0.2, 0.25) is 10.0 Å². The summed E-state index contributed by atoms with van der Waals surface area (Å²) in [5.41, 5.74) is 2.14. The molecule has 20 heavy (non-hydrogen) atoms. The molecule has 0 atom stereocenters. The van der Waals surface area contributed by atoms with Crippen molar-refractivity contribution in [3.63, 3.8) is 0 Å². The highest BCUT2D eigenvalue weighted by Crippen LogP contribution is 2.31. The zero-order chi connectivity index (χ0) is 14.9. The van der Waals surface area contributed by atoms with E-state index < -0.39 is 10.0 Å². The van der Waals surface area contributed by atoms with Gasteiger partial charge in [-0.15, -0.1) is 0 Å². The second kappa shape index (κ2) is 5.26. The SMILES string of the molecule is Cc1cc(O)cc(-c2ccccc2S(=O)(=O)N(C)C)c1. The summed E-state index contributed by atoms with van der Waals surface area (Å²) in [6.45, 7) is 1.85. The normalized spacial score (nSPS) is 11.8. The molecule has 0 fully saturated rings. The van der Waals surface area contributed by atoms with Gasteiger partial charge in [0.25, 0.3) is 0 Å². The summed E-state index contributed by atoms with van der Waals surface area (Å²) in [6.07, 6.45) is 0. The van der Waals surface area contributed by atoms with Crippen LogP contribution in [-0.4, -0.2) is 31.9 Å². The third kappa shape index (κ3) is 2.69. The summed E-state index contributed by atoms with van der Waals surface area (Å²) >= 11 is 0. The molecule has 0 aliphatic heterocycles. The Morgan fingerprint density at radius 3 is 2.30 bits per heavy atom. The summed E-state index contributed by atoms with van der Waals surface area (Å²) in [7, 11) is -0.530. The zero-order valence-electron chi connectivity index (χ0n) is 11.7. The molecule has 4 nitrogen and oxygen atoms in total. The highest BCUT2D eigenvalue weighted by molar-refractivity contribution is 7.89. The minimum Gasteiger partial charge on any atom is -0.508 e. The van der Waals surface area contributed by atoms with E-state index in [1.807, 2.05) is 13.0 Å². The maximum Gasteiger partial charge on any atom is 0.243 e. The number of phenols is 1. The van der Waals surface area contributed by atoms with Crippen LogP contribution in [-0.2, 0) is 10.0 Å². The van der Waals surface area contributed by atoms with E-state index in [4.69, 9.17) is 0 Å². The first-order valence-electron chi connectivity index (χ1n) is 6.15. The highest BCUT2D eigenvalue weighted by atomic mass is 32.2. The third-order valence-corrected chi connectivity index (χ3v) is 4.89. The van der Waals surface area contributed by atoms with Crippen molar-refractivity contribution in [1.82, 2.24) is 4.31 Å². The Balaban J connectivity index is 2.71. The van der Waals surface area contributed by atoms with Crippen LogP contribution < -0.4 is 0 Å². The Hall–Kier alpha value is -1.85. The second-order valence-corrected chi connectivity index (χ2v) is 6.96. The summed E-state index contributed by atoms with van der Waals surface area (Å²) in [6, 6.07) is 11.8. The molecule has 0 unspecified atom stereocenters. The first kappa shape index (κ1) is 14.6. The number of hydrogen-bond donors (Lipinski definition) is 1. The van der Waals surface area contributed by atoms with Gasteiger partial charge in [-0.25, -0.2) is 12.7 Å². The van der Waals surface area contributed by atoms with Crippen molar-refractivity contribution in [3.8, 4) is 16.9 Å². The zero-order valence-corrected chi connectivity index (χ0v) is 12.5. The molecule has 0 aliphatic rings. The van der Waals surface area contributed by atoms with Gasteiger partial charge in [-0.3, -0.25) is 0 Å². The van der Waals surface area contributed by atoms with Gasteiger partial charge in [-0.1, -0.05) is 24.3 Å². The largest absolute Gasteiger partial charge is 0.508 e. The number of hydrogen-bond acceptors (Lipinski definition) is 3. The standard InChI is InChI=1S/C15H17NO3S/c1-11-8-12(10-13(17)9-11)14-6-4-5-7-15(14)20(18,19)16(2)3/h4-10,17H,1-3H3. The quantitative estimate of drug-likeness (QED) is 0.945. The molecule has 2 aromatic carbocycles. The van der Waals surface area contributed by atoms with Crippen LogP contribution in [0.1, 0.15) is 5.56 Å². The number of benzene rings is 2. The molecule has 106 valence electrons. The second-order valence-electron chi connectivity index (χ2n) is 4.84. The molecular weight excluding hydrogens is 274 g/mol. The van der Waals surface area contributed by atoms with E-state index in [2.05, 4.69) is 0 Å². The lowest BCUT2D eigenvalue weighted by atomic mass is 10.0. The molecule has 0 aromatic heterocycles. The summed E-state index contributed by atoms with van der Waals surface area (Å²) in [5, 5.41) is 9.70. The number of rotatable bonds is 3. The first-order chi connectivity index (χ1) is 9.32. The Bertz CT molecular complexity index is 716. The molecule has 2 rings (SSSR count). The molecule has 0 saturated carbocycles. The summed E-state index contributed by atoms with van der Waals surface area (Å²) < 4.78 is 25.9. The molecular formula is C15H17NO3S. The van der Waals surface area contributed by atoms with Crippen molar-refractivity contribution in [2.24, 2.45) is 0 Å². The number of phenolic OH excluding ortho intramolecular Hbond substituents is 1. The fraction of sp³-hybridized carbons (Fsp3) is 0.200. The van der Waals surface area contributed by atoms with Crippen molar-refractivity contribution in [1.29, 1.82) is 0 Å². The minimum absolute atomic E-state index is 0.122. The van der Waals surface area contributed by atoms with Crippen LogP contribution in [0.25, 0.3) is 11.1 Å². The topological polar surface area (TPSA) is 57.6 Å². The fourth-order valence-electron chi connectivity index (χ4n) is 2.05. The molecule has 1 N–H and O–H groups in total. The molecule has 0 aliphatic carbocycles. The maximum absolute atomic E-state index is 12.4. The Morgan fingerprint density at radius 1 is 1.05 bits per heavy atom. The van der Waals surface area contributed by atoms with Crippen LogP contribution in [0.5, 0.6) is 5.75 Å². The number of aryl methyl sites for hydroxylation is 1.